The summed E-state index contributed by atoms with van der Waals surface area (Å²) in [5.41, 5.74) is 6.21. The second-order valence-electron chi connectivity index (χ2n) is 6.90. The lowest BCUT2D eigenvalue weighted by Gasteiger charge is -2.30. The Balaban J connectivity index is 2.53. The van der Waals surface area contributed by atoms with Gasteiger partial charge in [-0.2, -0.15) is 0 Å². The molecule has 0 bridgehead atoms. The highest BCUT2D eigenvalue weighted by molar-refractivity contribution is 5.41. The average molecular weight is 344 g/mol. The molecule has 25 heavy (non-hydrogen) atoms. The van der Waals surface area contributed by atoms with E-state index in [9.17, 15) is 15.3 Å². The second-order valence-corrected chi connectivity index (χ2v) is 6.90. The molecule has 0 saturated carbocycles. The first-order chi connectivity index (χ1) is 11.8. The molecule has 3 atom stereocenters. The fourth-order valence-electron chi connectivity index (χ4n) is 3.04. The first-order valence-electron chi connectivity index (χ1n) is 8.55. The second kappa shape index (κ2) is 8.11. The van der Waals surface area contributed by atoms with E-state index in [1.165, 1.54) is 0 Å². The molecular formula is C21H28O4. The molecule has 0 unspecified atom stereocenters. The molecule has 2 rings (SSSR count). The first-order valence-corrected chi connectivity index (χ1v) is 8.55. The predicted molar refractivity (Wildman–Crippen MR) is 98.8 cm³/mol. The monoisotopic (exact) mass is 344 g/mol. The maximum Gasteiger partial charge on any atom is 0.109 e. The summed E-state index contributed by atoms with van der Waals surface area (Å²) in [5, 5.41) is 39.9. The predicted octanol–water partition coefficient (Wildman–Crippen LogP) is 2.13. The zero-order valence-corrected chi connectivity index (χ0v) is 15.3. The van der Waals surface area contributed by atoms with Crippen LogP contribution in [0.4, 0.5) is 0 Å². The molecule has 2 aromatic carbocycles. The molecule has 0 aliphatic carbocycles. The van der Waals surface area contributed by atoms with Crippen molar-refractivity contribution in [3.63, 3.8) is 0 Å². The Hall–Kier alpha value is -1.72. The lowest BCUT2D eigenvalue weighted by Crippen LogP contribution is -2.43. The van der Waals surface area contributed by atoms with E-state index in [2.05, 4.69) is 0 Å². The maximum absolute atomic E-state index is 10.8. The van der Waals surface area contributed by atoms with Crippen LogP contribution in [0.25, 0.3) is 0 Å². The first kappa shape index (κ1) is 19.6. The smallest absolute Gasteiger partial charge is 0.109 e. The normalized spacial score (nSPS) is 15.2. The van der Waals surface area contributed by atoms with Gasteiger partial charge in [0.05, 0.1) is 12.7 Å². The van der Waals surface area contributed by atoms with Crippen molar-refractivity contribution in [2.75, 3.05) is 6.61 Å². The zero-order valence-electron chi connectivity index (χ0n) is 15.3. The molecule has 4 nitrogen and oxygen atoms in total. The Morgan fingerprint density at radius 1 is 0.680 bits per heavy atom. The minimum absolute atomic E-state index is 0.505. The lowest BCUT2D eigenvalue weighted by atomic mass is 9.81. The van der Waals surface area contributed by atoms with Crippen LogP contribution in [0, 0.1) is 27.7 Å². The molecule has 0 saturated heterocycles. The summed E-state index contributed by atoms with van der Waals surface area (Å²) in [6.07, 6.45) is -4.08. The molecule has 0 fully saturated rings. The van der Waals surface area contributed by atoms with Crippen LogP contribution in [0.1, 0.15) is 39.3 Å². The van der Waals surface area contributed by atoms with Crippen LogP contribution < -0.4 is 0 Å². The molecule has 0 spiro atoms. The van der Waals surface area contributed by atoms with Gasteiger partial charge in [0.2, 0.25) is 0 Å². The Labute approximate surface area is 149 Å². The highest BCUT2D eigenvalue weighted by Gasteiger charge is 2.33. The van der Waals surface area contributed by atoms with Gasteiger partial charge in [-0.15, -0.1) is 0 Å². The number of aryl methyl sites for hydroxylation is 4. The van der Waals surface area contributed by atoms with Crippen LogP contribution in [0.3, 0.4) is 0 Å². The van der Waals surface area contributed by atoms with Crippen LogP contribution in [0.5, 0.6) is 0 Å². The van der Waals surface area contributed by atoms with Gasteiger partial charge >= 0.3 is 0 Å². The van der Waals surface area contributed by atoms with Crippen molar-refractivity contribution in [1.29, 1.82) is 0 Å². The molecule has 4 N–H and O–H groups in total. The number of rotatable bonds is 6. The van der Waals surface area contributed by atoms with Gasteiger partial charge in [-0.1, -0.05) is 36.4 Å². The molecule has 0 aliphatic heterocycles. The Morgan fingerprint density at radius 2 is 1.12 bits per heavy atom. The number of aliphatic hydroxyl groups excluding tert-OH is 4. The summed E-state index contributed by atoms with van der Waals surface area (Å²) >= 11 is 0. The Bertz CT molecular complexity index is 674. The third-order valence-electron chi connectivity index (χ3n) is 5.05. The van der Waals surface area contributed by atoms with Crippen LogP contribution in [0.2, 0.25) is 0 Å². The summed E-state index contributed by atoms with van der Waals surface area (Å²) < 4.78 is 0. The van der Waals surface area contributed by atoms with E-state index < -0.39 is 30.8 Å². The SMILES string of the molecule is Cc1ccc(C(c2ccc(C)c(C)c2)[C@H](O)[C@H](O)[C@H](O)CO)cc1C. The van der Waals surface area contributed by atoms with Crippen molar-refractivity contribution >= 4 is 0 Å². The fourth-order valence-corrected chi connectivity index (χ4v) is 3.04. The molecule has 4 heteroatoms. The van der Waals surface area contributed by atoms with Crippen molar-refractivity contribution in [3.05, 3.63) is 69.8 Å². The third-order valence-corrected chi connectivity index (χ3v) is 5.05. The van der Waals surface area contributed by atoms with Gasteiger partial charge in [0.15, 0.2) is 0 Å². The van der Waals surface area contributed by atoms with Gasteiger partial charge in [0, 0.05) is 5.92 Å². The van der Waals surface area contributed by atoms with Gasteiger partial charge in [-0.05, 0) is 61.1 Å². The van der Waals surface area contributed by atoms with Gasteiger partial charge in [-0.25, -0.2) is 0 Å². The molecule has 2 aromatic rings. The summed E-state index contributed by atoms with van der Waals surface area (Å²) in [7, 11) is 0. The van der Waals surface area contributed by atoms with Crippen LogP contribution in [-0.2, 0) is 0 Å². The number of benzene rings is 2. The van der Waals surface area contributed by atoms with E-state index in [1.807, 2.05) is 64.1 Å². The van der Waals surface area contributed by atoms with Crippen molar-refractivity contribution < 1.29 is 20.4 Å². The summed E-state index contributed by atoms with van der Waals surface area (Å²) in [4.78, 5) is 0. The van der Waals surface area contributed by atoms with E-state index in [1.54, 1.807) is 0 Å². The van der Waals surface area contributed by atoms with Crippen molar-refractivity contribution in [3.8, 4) is 0 Å². The fraction of sp³-hybridized carbons (Fsp3) is 0.429. The topological polar surface area (TPSA) is 80.9 Å². The molecule has 0 aliphatic rings. The minimum atomic E-state index is -1.45. The number of hydrogen-bond acceptors (Lipinski definition) is 4. The lowest BCUT2D eigenvalue weighted by molar-refractivity contribution is -0.0806. The molecule has 136 valence electrons. The zero-order chi connectivity index (χ0) is 18.7. The van der Waals surface area contributed by atoms with Crippen molar-refractivity contribution in [1.82, 2.24) is 0 Å². The molecular weight excluding hydrogens is 316 g/mol. The maximum atomic E-state index is 10.8. The summed E-state index contributed by atoms with van der Waals surface area (Å²) in [6, 6.07) is 11.8. The van der Waals surface area contributed by atoms with E-state index in [0.717, 1.165) is 33.4 Å². The molecule has 0 heterocycles. The van der Waals surface area contributed by atoms with E-state index in [-0.39, 0.29) is 0 Å². The minimum Gasteiger partial charge on any atom is -0.394 e. The molecule has 0 amide bonds. The van der Waals surface area contributed by atoms with Crippen LogP contribution in [0.15, 0.2) is 36.4 Å². The van der Waals surface area contributed by atoms with Crippen molar-refractivity contribution in [2.24, 2.45) is 0 Å². The average Bonchev–Trinajstić information content (AvgIpc) is 2.59. The van der Waals surface area contributed by atoms with E-state index in [4.69, 9.17) is 5.11 Å². The number of hydrogen-bond donors (Lipinski definition) is 4. The highest BCUT2D eigenvalue weighted by Crippen LogP contribution is 2.32. The molecule has 0 aromatic heterocycles. The van der Waals surface area contributed by atoms with Crippen LogP contribution in [-0.4, -0.2) is 45.3 Å². The van der Waals surface area contributed by atoms with Crippen LogP contribution >= 0.6 is 0 Å². The third kappa shape index (κ3) is 4.28. The quantitative estimate of drug-likeness (QED) is 0.647. The largest absolute Gasteiger partial charge is 0.394 e. The van der Waals surface area contributed by atoms with Crippen molar-refractivity contribution in [2.45, 2.75) is 51.9 Å². The standard InChI is InChI=1S/C21H28O4/c1-12-5-7-16(9-14(12)3)19(21(25)20(24)18(23)11-22)17-8-6-13(2)15(4)10-17/h5-10,18-25H,11H2,1-4H3/t18-,20-,21+/m1/s1. The summed E-state index contributed by atoms with van der Waals surface area (Å²) in [6.45, 7) is 7.43. The van der Waals surface area contributed by atoms with Gasteiger partial charge < -0.3 is 20.4 Å². The van der Waals surface area contributed by atoms with Gasteiger partial charge in [0.25, 0.3) is 0 Å². The highest BCUT2D eigenvalue weighted by atomic mass is 16.4. The van der Waals surface area contributed by atoms with E-state index in [0.29, 0.717) is 0 Å². The Morgan fingerprint density at radius 3 is 1.48 bits per heavy atom. The Kier molecular flexibility index (Phi) is 6.36. The number of aliphatic hydroxyl groups is 4. The summed E-state index contributed by atoms with van der Waals surface area (Å²) in [5.74, 6) is -0.505. The van der Waals surface area contributed by atoms with Gasteiger partial charge in [0.1, 0.15) is 12.2 Å². The molecule has 0 radical (unpaired) electrons. The van der Waals surface area contributed by atoms with Gasteiger partial charge in [-0.3, -0.25) is 0 Å². The van der Waals surface area contributed by atoms with E-state index >= 15 is 0 Å².